The number of halogens is 1. The van der Waals surface area contributed by atoms with Crippen molar-refractivity contribution in [2.45, 2.75) is 18.0 Å². The number of carboxylic acid groups (broad SMARTS) is 1. The molecule has 0 fully saturated rings. The van der Waals surface area contributed by atoms with E-state index in [1.807, 2.05) is 24.3 Å². The number of carboxylic acids is 1. The molecule has 1 aromatic heterocycles. The van der Waals surface area contributed by atoms with E-state index >= 15 is 0 Å². The first kappa shape index (κ1) is 18.0. The number of hydrogen-bond donors (Lipinski definition) is 3. The van der Waals surface area contributed by atoms with Gasteiger partial charge in [0.25, 0.3) is 0 Å². The van der Waals surface area contributed by atoms with Crippen LogP contribution in [-0.2, 0) is 21.5 Å². The number of ketones is 1. The van der Waals surface area contributed by atoms with E-state index in [-0.39, 0.29) is 24.9 Å². The predicted molar refractivity (Wildman–Crippen MR) is 106 cm³/mol. The van der Waals surface area contributed by atoms with Crippen molar-refractivity contribution in [1.82, 2.24) is 10.3 Å². The van der Waals surface area contributed by atoms with Crippen molar-refractivity contribution < 1.29 is 24.2 Å². The summed E-state index contributed by atoms with van der Waals surface area (Å²) < 4.78 is 10.9. The minimum Gasteiger partial charge on any atom is -0.480 e. The third kappa shape index (κ3) is 2.54. The highest BCUT2D eigenvalue weighted by Crippen LogP contribution is 2.43. The number of H-pyrrole nitrogens is 1. The second-order valence-electron chi connectivity index (χ2n) is 7.14. The van der Waals surface area contributed by atoms with E-state index in [4.69, 9.17) is 21.1 Å². The van der Waals surface area contributed by atoms with Crippen molar-refractivity contribution in [2.75, 3.05) is 12.7 Å². The number of carbonyl (C=O) groups is 2. The van der Waals surface area contributed by atoms with Crippen LogP contribution in [0.5, 0.6) is 11.5 Å². The first-order valence-electron chi connectivity index (χ1n) is 9.14. The molecule has 0 saturated carbocycles. The zero-order chi connectivity index (χ0) is 20.2. The highest BCUT2D eigenvalue weighted by Gasteiger charge is 2.50. The van der Waals surface area contributed by atoms with Crippen molar-refractivity contribution >= 4 is 34.3 Å². The number of nitrogens with one attached hydrogen (secondary N) is 2. The van der Waals surface area contributed by atoms with Gasteiger partial charge in [-0.2, -0.15) is 0 Å². The van der Waals surface area contributed by atoms with Gasteiger partial charge >= 0.3 is 5.97 Å². The summed E-state index contributed by atoms with van der Waals surface area (Å²) in [6.45, 7) is 0.0953. The molecule has 5 rings (SSSR count). The fourth-order valence-electron chi connectivity index (χ4n) is 4.31. The number of carbonyl (C=O) groups excluding carboxylic acids is 1. The molecular weight excluding hydrogens is 396 g/mol. The number of aromatic nitrogens is 1. The fraction of sp³-hybridized carbons (Fsp3) is 0.238. The van der Waals surface area contributed by atoms with Crippen LogP contribution in [0.2, 0.25) is 0 Å². The summed E-state index contributed by atoms with van der Waals surface area (Å²) in [5.74, 6) is -0.598. The molecule has 0 radical (unpaired) electrons. The summed E-state index contributed by atoms with van der Waals surface area (Å²) in [4.78, 5) is 28.6. The van der Waals surface area contributed by atoms with Crippen LogP contribution >= 0.6 is 11.6 Å². The van der Waals surface area contributed by atoms with Crippen LogP contribution in [0, 0.1) is 0 Å². The lowest BCUT2D eigenvalue weighted by Crippen LogP contribution is -2.60. The standard InChI is InChI=1S/C21H17ClN2O5/c22-9-18(25)21(11-5-6-16-17(7-11)29-10-28-16)19-13(8-15(24-21)20(26)27)12-3-1-2-4-14(12)23-19/h1-7,15,23-24H,8-10H2,(H,26,27). The Morgan fingerprint density at radius 3 is 2.76 bits per heavy atom. The number of para-hydroxylation sites is 1. The topological polar surface area (TPSA) is 101 Å². The lowest BCUT2D eigenvalue weighted by molar-refractivity contribution is -0.140. The molecule has 2 atom stereocenters. The maximum Gasteiger partial charge on any atom is 0.321 e. The van der Waals surface area contributed by atoms with Crippen molar-refractivity contribution in [3.63, 3.8) is 0 Å². The van der Waals surface area contributed by atoms with Crippen LogP contribution in [0.4, 0.5) is 0 Å². The number of fused-ring (bicyclic) bond motifs is 4. The normalized spacial score (nSPS) is 22.4. The maximum absolute atomic E-state index is 13.3. The number of aromatic amines is 1. The number of benzene rings is 2. The van der Waals surface area contributed by atoms with Gasteiger partial charge in [0.1, 0.15) is 11.6 Å². The third-order valence-electron chi connectivity index (χ3n) is 5.63. The number of ether oxygens (including phenoxy) is 2. The molecule has 0 spiro atoms. The van der Waals surface area contributed by atoms with Gasteiger partial charge < -0.3 is 19.6 Å². The van der Waals surface area contributed by atoms with Gasteiger partial charge in [0, 0.05) is 17.3 Å². The fourth-order valence-corrected chi connectivity index (χ4v) is 4.51. The highest BCUT2D eigenvalue weighted by atomic mass is 35.5. The minimum atomic E-state index is -1.45. The molecule has 29 heavy (non-hydrogen) atoms. The Balaban J connectivity index is 1.82. The molecule has 3 N–H and O–H groups in total. The Morgan fingerprint density at radius 1 is 1.17 bits per heavy atom. The van der Waals surface area contributed by atoms with Gasteiger partial charge in [-0.3, -0.25) is 14.9 Å². The van der Waals surface area contributed by atoms with Crippen LogP contribution < -0.4 is 14.8 Å². The van der Waals surface area contributed by atoms with Gasteiger partial charge in [-0.1, -0.05) is 24.3 Å². The molecule has 0 bridgehead atoms. The first-order chi connectivity index (χ1) is 14.0. The van der Waals surface area contributed by atoms with Gasteiger partial charge in [-0.15, -0.1) is 11.6 Å². The van der Waals surface area contributed by atoms with Crippen LogP contribution in [0.3, 0.4) is 0 Å². The Morgan fingerprint density at radius 2 is 1.97 bits per heavy atom. The molecule has 0 aliphatic carbocycles. The summed E-state index contributed by atoms with van der Waals surface area (Å²) in [6.07, 6.45) is 0.247. The van der Waals surface area contributed by atoms with E-state index in [1.54, 1.807) is 18.2 Å². The van der Waals surface area contributed by atoms with Crippen molar-refractivity contribution in [2.24, 2.45) is 0 Å². The van der Waals surface area contributed by atoms with Gasteiger partial charge in [-0.25, -0.2) is 0 Å². The zero-order valence-corrected chi connectivity index (χ0v) is 16.0. The van der Waals surface area contributed by atoms with Gasteiger partial charge in [0.05, 0.1) is 11.6 Å². The molecular formula is C21H17ClN2O5. The van der Waals surface area contributed by atoms with E-state index in [0.29, 0.717) is 22.8 Å². The quantitative estimate of drug-likeness (QED) is 0.569. The summed E-state index contributed by atoms with van der Waals surface area (Å²) in [7, 11) is 0. The minimum absolute atomic E-state index is 0.0953. The predicted octanol–water partition coefficient (Wildman–Crippen LogP) is 2.55. The third-order valence-corrected chi connectivity index (χ3v) is 5.87. The van der Waals surface area contributed by atoms with E-state index < -0.39 is 17.6 Å². The summed E-state index contributed by atoms with van der Waals surface area (Å²) in [6, 6.07) is 11.8. The van der Waals surface area contributed by atoms with E-state index in [9.17, 15) is 14.7 Å². The molecule has 2 aliphatic rings. The SMILES string of the molecule is O=C(O)C1Cc2c([nH]c3ccccc23)C(C(=O)CCl)(c2ccc3c(c2)OCO3)N1. The van der Waals surface area contributed by atoms with Gasteiger partial charge in [0.15, 0.2) is 17.3 Å². The molecule has 3 heterocycles. The van der Waals surface area contributed by atoms with Crippen molar-refractivity contribution in [3.8, 4) is 11.5 Å². The highest BCUT2D eigenvalue weighted by molar-refractivity contribution is 6.29. The maximum atomic E-state index is 13.3. The summed E-state index contributed by atoms with van der Waals surface area (Å²) in [5, 5.41) is 13.8. The molecule has 148 valence electrons. The average Bonchev–Trinajstić information content (AvgIpc) is 3.36. The summed E-state index contributed by atoms with van der Waals surface area (Å²) >= 11 is 6.03. The molecule has 2 aliphatic heterocycles. The van der Waals surface area contributed by atoms with Crippen LogP contribution in [-0.4, -0.2) is 40.6 Å². The van der Waals surface area contributed by atoms with Crippen LogP contribution in [0.25, 0.3) is 10.9 Å². The Kier molecular flexibility index (Phi) is 4.04. The molecule has 8 heteroatoms. The largest absolute Gasteiger partial charge is 0.480 e. The Hall–Kier alpha value is -3.03. The number of hydrogen-bond acceptors (Lipinski definition) is 5. The zero-order valence-electron chi connectivity index (χ0n) is 15.2. The smallest absolute Gasteiger partial charge is 0.321 e. The first-order valence-corrected chi connectivity index (χ1v) is 9.68. The van der Waals surface area contributed by atoms with E-state index in [1.165, 1.54) is 0 Å². The number of aliphatic carboxylic acids is 1. The Labute approximate surface area is 170 Å². The number of rotatable bonds is 4. The number of alkyl halides is 1. The van der Waals surface area contributed by atoms with Crippen LogP contribution in [0.1, 0.15) is 16.8 Å². The molecule has 3 aromatic rings. The van der Waals surface area contributed by atoms with Crippen LogP contribution in [0.15, 0.2) is 42.5 Å². The molecule has 7 nitrogen and oxygen atoms in total. The lowest BCUT2D eigenvalue weighted by Gasteiger charge is -2.40. The average molecular weight is 413 g/mol. The van der Waals surface area contributed by atoms with Gasteiger partial charge in [-0.05, 0) is 29.3 Å². The number of Topliss-reactive ketones (excluding diaryl/α,β-unsaturated/α-hetero) is 1. The molecule has 0 saturated heterocycles. The summed E-state index contributed by atoms with van der Waals surface area (Å²) in [5.41, 5.74) is 1.34. The van der Waals surface area contributed by atoms with E-state index in [2.05, 4.69) is 10.3 Å². The molecule has 2 aromatic carbocycles. The van der Waals surface area contributed by atoms with Gasteiger partial charge in [0.2, 0.25) is 6.79 Å². The molecule has 0 amide bonds. The monoisotopic (exact) mass is 412 g/mol. The molecule has 2 unspecified atom stereocenters. The second kappa shape index (κ2) is 6.50. The second-order valence-corrected chi connectivity index (χ2v) is 7.41. The van der Waals surface area contributed by atoms with Crippen molar-refractivity contribution in [1.29, 1.82) is 0 Å². The van der Waals surface area contributed by atoms with E-state index in [0.717, 1.165) is 16.5 Å². The lowest BCUT2D eigenvalue weighted by atomic mass is 9.76. The Bertz CT molecular complexity index is 1160. The van der Waals surface area contributed by atoms with Crippen molar-refractivity contribution in [3.05, 3.63) is 59.3 Å².